The lowest BCUT2D eigenvalue weighted by Crippen LogP contribution is -2.58. The number of hydrogen-bond donors (Lipinski definition) is 3. The first-order chi connectivity index (χ1) is 18.8. The predicted molar refractivity (Wildman–Crippen MR) is 151 cm³/mol. The van der Waals surface area contributed by atoms with Gasteiger partial charge >= 0.3 is 6.09 Å². The van der Waals surface area contributed by atoms with Crippen molar-refractivity contribution in [2.75, 3.05) is 4.90 Å². The molecule has 7 heteroatoms. The molecule has 2 atom stereocenters. The van der Waals surface area contributed by atoms with Crippen molar-refractivity contribution in [1.29, 1.82) is 0 Å². The van der Waals surface area contributed by atoms with Crippen molar-refractivity contribution in [3.8, 4) is 0 Å². The van der Waals surface area contributed by atoms with Crippen LogP contribution in [0.2, 0.25) is 0 Å². The Morgan fingerprint density at radius 3 is 2.05 bits per heavy atom. The summed E-state index contributed by atoms with van der Waals surface area (Å²) in [5.41, 5.74) is -0.194. The number of aliphatic hydroxyl groups is 1. The zero-order chi connectivity index (χ0) is 27.5. The Bertz CT molecular complexity index is 1260. The van der Waals surface area contributed by atoms with Crippen LogP contribution in [0.25, 0.3) is 0 Å². The van der Waals surface area contributed by atoms with Crippen LogP contribution in [0.1, 0.15) is 50.2 Å². The van der Waals surface area contributed by atoms with Crippen LogP contribution in [-0.2, 0) is 17.8 Å². The SMILES string of the molecule is CC1CCC2(CC1)N[C@H](C[C@@](O)(Cc1ccccc1)N(C(=O)O)c1ccccc1)C(=O)N2Cc1ccccc1. The lowest BCUT2D eigenvalue weighted by atomic mass is 9.82. The van der Waals surface area contributed by atoms with Crippen LogP contribution in [0, 0.1) is 5.92 Å². The summed E-state index contributed by atoms with van der Waals surface area (Å²) in [6, 6.07) is 27.2. The highest BCUT2D eigenvalue weighted by Gasteiger charge is 2.54. The van der Waals surface area contributed by atoms with E-state index in [-0.39, 0.29) is 18.7 Å². The summed E-state index contributed by atoms with van der Waals surface area (Å²) in [6.45, 7) is 2.71. The minimum atomic E-state index is -1.87. The zero-order valence-corrected chi connectivity index (χ0v) is 22.4. The molecule has 3 aromatic carbocycles. The quantitative estimate of drug-likeness (QED) is 0.341. The van der Waals surface area contributed by atoms with Gasteiger partial charge in [0.05, 0.1) is 11.7 Å². The summed E-state index contributed by atoms with van der Waals surface area (Å²) < 4.78 is 0. The van der Waals surface area contributed by atoms with Crippen molar-refractivity contribution in [2.24, 2.45) is 5.92 Å². The maximum atomic E-state index is 14.1. The summed E-state index contributed by atoms with van der Waals surface area (Å²) in [4.78, 5) is 29.7. The smallest absolute Gasteiger partial charge is 0.414 e. The van der Waals surface area contributed by atoms with E-state index in [9.17, 15) is 19.8 Å². The summed E-state index contributed by atoms with van der Waals surface area (Å²) >= 11 is 0. The number of rotatable bonds is 8. The normalized spacial score (nSPS) is 24.5. The van der Waals surface area contributed by atoms with Crippen LogP contribution in [0.3, 0.4) is 0 Å². The fourth-order valence-electron chi connectivity index (χ4n) is 6.25. The molecule has 5 rings (SSSR count). The van der Waals surface area contributed by atoms with Crippen molar-refractivity contribution < 1.29 is 19.8 Å². The molecule has 1 aliphatic heterocycles. The number of anilines is 1. The van der Waals surface area contributed by atoms with Gasteiger partial charge in [0.15, 0.2) is 5.72 Å². The summed E-state index contributed by atoms with van der Waals surface area (Å²) in [7, 11) is 0. The lowest BCUT2D eigenvalue weighted by Gasteiger charge is -2.43. The predicted octanol–water partition coefficient (Wildman–Crippen LogP) is 5.40. The minimum Gasteiger partial charge on any atom is -0.465 e. The number of carbonyl (C=O) groups is 2. The first-order valence-corrected chi connectivity index (χ1v) is 13.8. The molecule has 0 bridgehead atoms. The molecule has 1 saturated heterocycles. The summed E-state index contributed by atoms with van der Waals surface area (Å²) in [5.74, 6) is 0.485. The van der Waals surface area contributed by atoms with Gasteiger partial charge in [-0.1, -0.05) is 85.8 Å². The molecule has 7 nitrogen and oxygen atoms in total. The second kappa shape index (κ2) is 11.2. The first-order valence-electron chi connectivity index (χ1n) is 13.8. The third-order valence-corrected chi connectivity index (χ3v) is 8.29. The highest BCUT2D eigenvalue weighted by molar-refractivity contribution is 5.89. The Hall–Kier alpha value is -3.68. The number of carbonyl (C=O) groups excluding carboxylic acids is 1. The van der Waals surface area contributed by atoms with Gasteiger partial charge in [-0.25, -0.2) is 9.69 Å². The molecule has 1 spiro atoms. The Labute approximate surface area is 230 Å². The van der Waals surface area contributed by atoms with E-state index in [2.05, 4.69) is 12.2 Å². The topological polar surface area (TPSA) is 93.1 Å². The molecule has 1 aliphatic carbocycles. The van der Waals surface area contributed by atoms with Crippen LogP contribution in [0.15, 0.2) is 91.0 Å². The summed E-state index contributed by atoms with van der Waals surface area (Å²) in [5, 5.41) is 26.2. The van der Waals surface area contributed by atoms with Gasteiger partial charge in [-0.2, -0.15) is 0 Å². The molecule has 0 aromatic heterocycles. The Kier molecular flexibility index (Phi) is 7.73. The van der Waals surface area contributed by atoms with Gasteiger partial charge in [-0.05, 0) is 54.9 Å². The lowest BCUT2D eigenvalue weighted by molar-refractivity contribution is -0.135. The van der Waals surface area contributed by atoms with E-state index in [1.54, 1.807) is 30.3 Å². The Morgan fingerprint density at radius 1 is 0.949 bits per heavy atom. The maximum absolute atomic E-state index is 14.1. The fraction of sp³-hybridized carbons (Fsp3) is 0.375. The number of carboxylic acid groups (broad SMARTS) is 1. The minimum absolute atomic E-state index is 0.0449. The average Bonchev–Trinajstić information content (AvgIpc) is 3.17. The van der Waals surface area contributed by atoms with Gasteiger partial charge < -0.3 is 15.1 Å². The van der Waals surface area contributed by atoms with Gasteiger partial charge in [-0.15, -0.1) is 0 Å². The fourth-order valence-corrected chi connectivity index (χ4v) is 6.25. The Balaban J connectivity index is 1.51. The van der Waals surface area contributed by atoms with E-state index in [0.717, 1.165) is 41.7 Å². The molecule has 2 aliphatic rings. The molecule has 2 amide bonds. The maximum Gasteiger partial charge on any atom is 0.414 e. The Morgan fingerprint density at radius 2 is 1.49 bits per heavy atom. The van der Waals surface area contributed by atoms with E-state index in [1.807, 2.05) is 65.6 Å². The number of nitrogens with zero attached hydrogens (tertiary/aromatic N) is 2. The molecular weight excluding hydrogens is 490 g/mol. The molecule has 0 unspecified atom stereocenters. The van der Waals surface area contributed by atoms with Crippen LogP contribution in [-0.4, -0.2) is 44.5 Å². The number of hydrogen-bond acceptors (Lipinski definition) is 4. The van der Waals surface area contributed by atoms with Crippen molar-refractivity contribution in [3.05, 3.63) is 102 Å². The van der Waals surface area contributed by atoms with Crippen LogP contribution in [0.5, 0.6) is 0 Å². The zero-order valence-electron chi connectivity index (χ0n) is 22.4. The highest BCUT2D eigenvalue weighted by atomic mass is 16.4. The van der Waals surface area contributed by atoms with Gasteiger partial charge in [0.1, 0.15) is 0 Å². The largest absolute Gasteiger partial charge is 0.465 e. The molecule has 1 heterocycles. The molecule has 0 radical (unpaired) electrons. The molecular formula is C32H37N3O4. The monoisotopic (exact) mass is 527 g/mol. The molecule has 2 fully saturated rings. The molecule has 3 N–H and O–H groups in total. The van der Waals surface area contributed by atoms with E-state index in [1.165, 1.54) is 0 Å². The van der Waals surface area contributed by atoms with E-state index in [4.69, 9.17) is 0 Å². The number of benzene rings is 3. The van der Waals surface area contributed by atoms with Gasteiger partial charge in [-0.3, -0.25) is 10.1 Å². The second-order valence-corrected chi connectivity index (χ2v) is 11.1. The van der Waals surface area contributed by atoms with Crippen molar-refractivity contribution in [1.82, 2.24) is 10.2 Å². The standard InChI is InChI=1S/C32H37N3O4/c1-24-17-19-31(20-18-24)33-28(29(36)34(31)23-26-13-7-3-8-14-26)22-32(39,21-25-11-5-2-6-12-25)35(30(37)38)27-15-9-4-10-16-27/h2-16,24,28,33,39H,17-23H2,1H3,(H,37,38)/t24?,28-,31?,32+/m1/s1. The van der Waals surface area contributed by atoms with Gasteiger partial charge in [0.2, 0.25) is 5.91 Å². The van der Waals surface area contributed by atoms with Crippen molar-refractivity contribution >= 4 is 17.7 Å². The third kappa shape index (κ3) is 5.70. The molecule has 204 valence electrons. The highest BCUT2D eigenvalue weighted by Crippen LogP contribution is 2.41. The van der Waals surface area contributed by atoms with Crippen LogP contribution < -0.4 is 10.2 Å². The number of amides is 2. The van der Waals surface area contributed by atoms with Crippen LogP contribution >= 0.6 is 0 Å². The first kappa shape index (κ1) is 26.9. The van der Waals surface area contributed by atoms with E-state index < -0.39 is 23.5 Å². The molecule has 1 saturated carbocycles. The number of nitrogens with one attached hydrogen (secondary N) is 1. The number of para-hydroxylation sites is 1. The van der Waals surface area contributed by atoms with E-state index in [0.29, 0.717) is 18.2 Å². The average molecular weight is 528 g/mol. The van der Waals surface area contributed by atoms with Crippen LogP contribution in [0.4, 0.5) is 10.5 Å². The third-order valence-electron chi connectivity index (χ3n) is 8.29. The van der Waals surface area contributed by atoms with Crippen molar-refractivity contribution in [2.45, 2.75) is 69.4 Å². The van der Waals surface area contributed by atoms with Gasteiger partial charge in [0.25, 0.3) is 0 Å². The summed E-state index contributed by atoms with van der Waals surface area (Å²) in [6.07, 6.45) is 2.33. The van der Waals surface area contributed by atoms with Gasteiger partial charge in [0, 0.05) is 25.1 Å². The van der Waals surface area contributed by atoms with Crippen molar-refractivity contribution in [3.63, 3.8) is 0 Å². The molecule has 3 aromatic rings. The second-order valence-electron chi connectivity index (χ2n) is 11.1. The molecule has 39 heavy (non-hydrogen) atoms. The van der Waals surface area contributed by atoms with E-state index >= 15 is 0 Å².